The molecule has 6 aromatic carbocycles. The number of imidazole rings is 1. The molecule has 0 saturated carbocycles. The van der Waals surface area contributed by atoms with Crippen LogP contribution in [0.4, 0.5) is 0 Å². The Morgan fingerprint density at radius 3 is 1.89 bits per heavy atom. The van der Waals surface area contributed by atoms with Gasteiger partial charge in [-0.2, -0.15) is 0 Å². The maximum atomic E-state index is 5.16. The minimum Gasteiger partial charge on any atom is -0.292 e. The Hall–Kier alpha value is -4.52. The third-order valence-corrected chi connectivity index (χ3v) is 9.99. The highest BCUT2D eigenvalue weighted by Gasteiger charge is 2.22. The SMILES string of the molecule is c1ccc(P(c2ccccc2)c2cccc3ccc4c(c5ccccc5n5c6ccccc6nc45)c23)cc1. The summed E-state index contributed by atoms with van der Waals surface area (Å²) in [4.78, 5) is 5.16. The summed E-state index contributed by atoms with van der Waals surface area (Å²) in [6.07, 6.45) is 0. The van der Waals surface area contributed by atoms with Gasteiger partial charge in [0.25, 0.3) is 0 Å². The molecule has 3 heteroatoms. The van der Waals surface area contributed by atoms with Gasteiger partial charge in [-0.25, -0.2) is 4.98 Å². The van der Waals surface area contributed by atoms with Crippen LogP contribution in [0.5, 0.6) is 0 Å². The van der Waals surface area contributed by atoms with E-state index in [4.69, 9.17) is 4.98 Å². The Kier molecular flexibility index (Phi) is 4.83. The van der Waals surface area contributed by atoms with Crippen LogP contribution in [0.1, 0.15) is 0 Å². The Bertz CT molecular complexity index is 2090. The van der Waals surface area contributed by atoms with Crippen LogP contribution in [0.25, 0.3) is 49.1 Å². The molecule has 178 valence electrons. The Balaban J connectivity index is 1.59. The lowest BCUT2D eigenvalue weighted by Crippen LogP contribution is -2.21. The van der Waals surface area contributed by atoms with Crippen LogP contribution in [0.15, 0.2) is 140 Å². The summed E-state index contributed by atoms with van der Waals surface area (Å²) >= 11 is 0. The summed E-state index contributed by atoms with van der Waals surface area (Å²) in [6, 6.07) is 50.6. The quantitative estimate of drug-likeness (QED) is 0.179. The Labute approximate surface area is 221 Å². The molecule has 8 rings (SSSR count). The second-order valence-electron chi connectivity index (χ2n) is 9.65. The summed E-state index contributed by atoms with van der Waals surface area (Å²) in [6.45, 7) is 0. The number of aromatic nitrogens is 2. The lowest BCUT2D eigenvalue weighted by atomic mass is 9.99. The molecule has 2 aromatic heterocycles. The summed E-state index contributed by atoms with van der Waals surface area (Å²) in [5.74, 6) is 0. The van der Waals surface area contributed by atoms with E-state index in [-0.39, 0.29) is 0 Å². The van der Waals surface area contributed by atoms with Gasteiger partial charge in [0.05, 0.1) is 16.6 Å². The second kappa shape index (κ2) is 8.52. The fourth-order valence-corrected chi connectivity index (χ4v) is 8.42. The average molecular weight is 503 g/mol. The first-order valence-corrected chi connectivity index (χ1v) is 14.3. The number of benzene rings is 6. The second-order valence-corrected chi connectivity index (χ2v) is 11.8. The van der Waals surface area contributed by atoms with Crippen LogP contribution in [-0.2, 0) is 0 Å². The van der Waals surface area contributed by atoms with Crippen LogP contribution in [0.2, 0.25) is 0 Å². The molecule has 0 N–H and O–H groups in total. The van der Waals surface area contributed by atoms with Gasteiger partial charge < -0.3 is 0 Å². The molecule has 0 aliphatic rings. The standard InChI is InChI=1S/C35H23N2P/c1-3-13-25(14-4-1)38(26-15-5-2-6-16-26)32-21-11-12-24-22-23-28-34(33(24)32)27-17-7-9-19-30(27)37-31-20-10-8-18-29(31)36-35(28)37/h1-23H. The first-order valence-electron chi connectivity index (χ1n) is 12.9. The largest absolute Gasteiger partial charge is 0.292 e. The van der Waals surface area contributed by atoms with Gasteiger partial charge in [-0.1, -0.05) is 115 Å². The van der Waals surface area contributed by atoms with E-state index in [0.29, 0.717) is 0 Å². The summed E-state index contributed by atoms with van der Waals surface area (Å²) in [5, 5.41) is 10.4. The monoisotopic (exact) mass is 502 g/mol. The molecule has 0 amide bonds. The molecule has 0 unspecified atom stereocenters. The molecule has 2 nitrogen and oxygen atoms in total. The predicted octanol–water partition coefficient (Wildman–Crippen LogP) is 7.71. The maximum Gasteiger partial charge on any atom is 0.146 e. The van der Waals surface area contributed by atoms with E-state index < -0.39 is 7.92 Å². The molecule has 0 aliphatic carbocycles. The lowest BCUT2D eigenvalue weighted by Gasteiger charge is -2.22. The van der Waals surface area contributed by atoms with Gasteiger partial charge in [-0.15, -0.1) is 0 Å². The highest BCUT2D eigenvalue weighted by Crippen LogP contribution is 2.41. The number of fused-ring (bicyclic) bond motifs is 10. The van der Waals surface area contributed by atoms with Crippen molar-refractivity contribution in [3.8, 4) is 0 Å². The van der Waals surface area contributed by atoms with Crippen LogP contribution < -0.4 is 15.9 Å². The highest BCUT2D eigenvalue weighted by atomic mass is 31.1. The van der Waals surface area contributed by atoms with Crippen molar-refractivity contribution in [2.45, 2.75) is 0 Å². The minimum absolute atomic E-state index is 0.764. The zero-order valence-corrected chi connectivity index (χ0v) is 21.5. The average Bonchev–Trinajstić information content (AvgIpc) is 3.38. The fourth-order valence-electron chi connectivity index (χ4n) is 5.92. The van der Waals surface area contributed by atoms with Gasteiger partial charge in [0.2, 0.25) is 0 Å². The van der Waals surface area contributed by atoms with E-state index >= 15 is 0 Å². The van der Waals surface area contributed by atoms with Gasteiger partial charge in [-0.3, -0.25) is 4.40 Å². The van der Waals surface area contributed by atoms with E-state index in [9.17, 15) is 0 Å². The third-order valence-electron chi connectivity index (χ3n) is 7.51. The van der Waals surface area contributed by atoms with Gasteiger partial charge in [0, 0.05) is 16.2 Å². The summed E-state index contributed by atoms with van der Waals surface area (Å²) < 4.78 is 2.33. The molecule has 0 saturated heterocycles. The van der Waals surface area contributed by atoms with Crippen molar-refractivity contribution in [1.82, 2.24) is 9.38 Å². The normalized spacial score (nSPS) is 11.9. The van der Waals surface area contributed by atoms with Crippen molar-refractivity contribution in [1.29, 1.82) is 0 Å². The molecule has 0 bridgehead atoms. The number of para-hydroxylation sites is 3. The number of hydrogen-bond acceptors (Lipinski definition) is 1. The molecule has 0 radical (unpaired) electrons. The molecular formula is C35H23N2P. The smallest absolute Gasteiger partial charge is 0.146 e. The number of pyridine rings is 1. The molecule has 8 aromatic rings. The molecule has 2 heterocycles. The van der Waals surface area contributed by atoms with Crippen molar-refractivity contribution in [3.05, 3.63) is 140 Å². The predicted molar refractivity (Wildman–Crippen MR) is 164 cm³/mol. The van der Waals surface area contributed by atoms with E-state index in [1.807, 2.05) is 0 Å². The third kappa shape index (κ3) is 3.14. The molecular weight excluding hydrogens is 479 g/mol. The van der Waals surface area contributed by atoms with Gasteiger partial charge in [0.15, 0.2) is 0 Å². The van der Waals surface area contributed by atoms with E-state index in [2.05, 4.69) is 144 Å². The molecule has 0 aliphatic heterocycles. The first kappa shape index (κ1) is 21.6. The van der Waals surface area contributed by atoms with Gasteiger partial charge >= 0.3 is 0 Å². The van der Waals surface area contributed by atoms with Crippen molar-refractivity contribution in [3.63, 3.8) is 0 Å². The van der Waals surface area contributed by atoms with Crippen molar-refractivity contribution in [2.24, 2.45) is 0 Å². The van der Waals surface area contributed by atoms with Crippen molar-refractivity contribution in [2.75, 3.05) is 0 Å². The summed E-state index contributed by atoms with van der Waals surface area (Å²) in [5.41, 5.74) is 4.37. The Morgan fingerprint density at radius 2 is 1.13 bits per heavy atom. The zero-order valence-electron chi connectivity index (χ0n) is 20.6. The van der Waals surface area contributed by atoms with Crippen molar-refractivity contribution < 1.29 is 0 Å². The van der Waals surface area contributed by atoms with E-state index in [1.165, 1.54) is 48.4 Å². The molecule has 0 atom stereocenters. The number of nitrogens with zero attached hydrogens (tertiary/aromatic N) is 2. The van der Waals surface area contributed by atoms with E-state index in [1.54, 1.807) is 0 Å². The molecule has 0 fully saturated rings. The topological polar surface area (TPSA) is 17.3 Å². The number of hydrogen-bond donors (Lipinski definition) is 0. The van der Waals surface area contributed by atoms with Gasteiger partial charge in [-0.05, 0) is 58.9 Å². The minimum atomic E-state index is -0.764. The maximum absolute atomic E-state index is 5.16. The number of rotatable bonds is 3. The first-order chi connectivity index (χ1) is 18.9. The van der Waals surface area contributed by atoms with Gasteiger partial charge in [0.1, 0.15) is 5.65 Å². The Morgan fingerprint density at radius 1 is 0.474 bits per heavy atom. The summed E-state index contributed by atoms with van der Waals surface area (Å²) in [7, 11) is -0.764. The van der Waals surface area contributed by atoms with Crippen molar-refractivity contribution >= 4 is 73.0 Å². The van der Waals surface area contributed by atoms with Crippen LogP contribution in [-0.4, -0.2) is 9.38 Å². The van der Waals surface area contributed by atoms with E-state index in [0.717, 1.165) is 16.7 Å². The highest BCUT2D eigenvalue weighted by molar-refractivity contribution is 7.80. The van der Waals surface area contributed by atoms with Crippen LogP contribution in [0, 0.1) is 0 Å². The van der Waals surface area contributed by atoms with Crippen LogP contribution >= 0.6 is 7.92 Å². The molecule has 0 spiro atoms. The van der Waals surface area contributed by atoms with Crippen LogP contribution in [0.3, 0.4) is 0 Å². The molecule has 38 heavy (non-hydrogen) atoms. The fraction of sp³-hybridized carbons (Fsp3) is 0. The lowest BCUT2D eigenvalue weighted by molar-refractivity contribution is 1.32. The zero-order chi connectivity index (χ0) is 25.1.